The number of halogens is 1. The van der Waals surface area contributed by atoms with E-state index < -0.39 is 11.8 Å². The van der Waals surface area contributed by atoms with Gasteiger partial charge in [0.2, 0.25) is 5.91 Å². The zero-order valence-electron chi connectivity index (χ0n) is 10.9. The van der Waals surface area contributed by atoms with Gasteiger partial charge in [-0.2, -0.15) is 0 Å². The molecule has 0 aliphatic carbocycles. The van der Waals surface area contributed by atoms with Crippen molar-refractivity contribution in [3.8, 4) is 0 Å². The number of hydrogen-bond acceptors (Lipinski definition) is 4. The van der Waals surface area contributed by atoms with E-state index in [-0.39, 0.29) is 23.7 Å². The Morgan fingerprint density at radius 2 is 2.05 bits per heavy atom. The molecular formula is C13H16FN3O3. The summed E-state index contributed by atoms with van der Waals surface area (Å²) in [7, 11) is 0. The number of rotatable bonds is 4. The van der Waals surface area contributed by atoms with Crippen molar-refractivity contribution in [1.82, 2.24) is 10.2 Å². The highest BCUT2D eigenvalue weighted by molar-refractivity contribution is 5.93. The monoisotopic (exact) mass is 281 g/mol. The molecule has 108 valence electrons. The Morgan fingerprint density at radius 3 is 2.65 bits per heavy atom. The first-order valence-corrected chi connectivity index (χ1v) is 6.32. The molecule has 0 saturated carbocycles. The molecule has 0 bridgehead atoms. The third kappa shape index (κ3) is 3.75. The van der Waals surface area contributed by atoms with Crippen LogP contribution in [0.4, 0.5) is 10.1 Å². The normalized spacial score (nSPS) is 15.8. The van der Waals surface area contributed by atoms with Crippen molar-refractivity contribution in [3.63, 3.8) is 0 Å². The zero-order valence-corrected chi connectivity index (χ0v) is 10.9. The van der Waals surface area contributed by atoms with Crippen molar-refractivity contribution in [2.24, 2.45) is 0 Å². The van der Waals surface area contributed by atoms with Crippen molar-refractivity contribution in [3.05, 3.63) is 29.6 Å². The second-order valence-corrected chi connectivity index (χ2v) is 4.57. The van der Waals surface area contributed by atoms with Gasteiger partial charge in [0.1, 0.15) is 5.82 Å². The summed E-state index contributed by atoms with van der Waals surface area (Å²) in [6.45, 7) is 3.40. The van der Waals surface area contributed by atoms with Crippen LogP contribution in [0.5, 0.6) is 0 Å². The zero-order chi connectivity index (χ0) is 14.5. The fourth-order valence-corrected chi connectivity index (χ4v) is 2.01. The molecule has 0 spiro atoms. The van der Waals surface area contributed by atoms with Crippen LogP contribution in [0.3, 0.4) is 0 Å². The fourth-order valence-electron chi connectivity index (χ4n) is 2.01. The van der Waals surface area contributed by atoms with Crippen LogP contribution >= 0.6 is 0 Å². The lowest BCUT2D eigenvalue weighted by Crippen LogP contribution is -2.46. The van der Waals surface area contributed by atoms with E-state index in [1.807, 2.05) is 4.90 Å². The summed E-state index contributed by atoms with van der Waals surface area (Å²) in [5.74, 6) is -2.27. The molecule has 1 aromatic carbocycles. The Morgan fingerprint density at radius 1 is 1.35 bits per heavy atom. The number of amides is 1. The number of carbonyl (C=O) groups excluding carboxylic acids is 1. The van der Waals surface area contributed by atoms with Gasteiger partial charge in [0.15, 0.2) is 0 Å². The van der Waals surface area contributed by atoms with Crippen molar-refractivity contribution in [2.45, 2.75) is 0 Å². The third-order valence-electron chi connectivity index (χ3n) is 3.07. The fraction of sp³-hybridized carbons (Fsp3) is 0.385. The van der Waals surface area contributed by atoms with Crippen LogP contribution in [0.25, 0.3) is 0 Å². The number of carbonyl (C=O) groups is 2. The minimum absolute atomic E-state index is 0.00451. The van der Waals surface area contributed by atoms with Crippen molar-refractivity contribution in [2.75, 3.05) is 38.0 Å². The van der Waals surface area contributed by atoms with E-state index in [1.54, 1.807) is 0 Å². The summed E-state index contributed by atoms with van der Waals surface area (Å²) in [5.41, 5.74) is -0.155. The van der Waals surface area contributed by atoms with Gasteiger partial charge in [0.05, 0.1) is 17.8 Å². The molecular weight excluding hydrogens is 265 g/mol. The minimum atomic E-state index is -1.21. The number of carboxylic acids is 1. The first kappa shape index (κ1) is 14.4. The van der Waals surface area contributed by atoms with Gasteiger partial charge < -0.3 is 15.7 Å². The highest BCUT2D eigenvalue weighted by atomic mass is 19.1. The van der Waals surface area contributed by atoms with Crippen LogP contribution in [0, 0.1) is 5.82 Å². The van der Waals surface area contributed by atoms with Gasteiger partial charge in [-0.3, -0.25) is 9.69 Å². The maximum Gasteiger partial charge on any atom is 0.335 e. The van der Waals surface area contributed by atoms with Crippen molar-refractivity contribution >= 4 is 17.6 Å². The average Bonchev–Trinajstić information content (AvgIpc) is 2.42. The molecule has 1 aromatic rings. The third-order valence-corrected chi connectivity index (χ3v) is 3.07. The van der Waals surface area contributed by atoms with Crippen LogP contribution in [0.15, 0.2) is 18.2 Å². The Hall–Kier alpha value is -1.99. The molecule has 2 rings (SSSR count). The number of nitrogens with zero attached hydrogens (tertiary/aromatic N) is 1. The standard InChI is InChI=1S/C13H16FN3O3/c14-10-7-9(13(19)20)1-2-11(10)16-12(18)8-17-5-3-15-4-6-17/h1-2,7,15H,3-6,8H2,(H,16,18)(H,19,20). The number of nitrogens with one attached hydrogen (secondary N) is 2. The summed E-state index contributed by atoms with van der Waals surface area (Å²) in [6, 6.07) is 3.41. The molecule has 6 nitrogen and oxygen atoms in total. The molecule has 1 amide bonds. The van der Waals surface area contributed by atoms with Crippen molar-refractivity contribution < 1.29 is 19.1 Å². The molecule has 3 N–H and O–H groups in total. The highest BCUT2D eigenvalue weighted by Gasteiger charge is 2.15. The smallest absolute Gasteiger partial charge is 0.335 e. The van der Waals surface area contributed by atoms with E-state index in [2.05, 4.69) is 10.6 Å². The topological polar surface area (TPSA) is 81.7 Å². The van der Waals surface area contributed by atoms with E-state index >= 15 is 0 Å². The summed E-state index contributed by atoms with van der Waals surface area (Å²) in [6.07, 6.45) is 0. The molecule has 1 aliphatic heterocycles. The average molecular weight is 281 g/mol. The highest BCUT2D eigenvalue weighted by Crippen LogP contribution is 2.15. The van der Waals surface area contributed by atoms with Crippen LogP contribution in [0.2, 0.25) is 0 Å². The maximum absolute atomic E-state index is 13.6. The Labute approximate surface area is 115 Å². The van der Waals surface area contributed by atoms with Gasteiger partial charge in [0.25, 0.3) is 0 Å². The van der Waals surface area contributed by atoms with Gasteiger partial charge >= 0.3 is 5.97 Å². The first-order chi connectivity index (χ1) is 9.56. The number of anilines is 1. The Balaban J connectivity index is 1.95. The second-order valence-electron chi connectivity index (χ2n) is 4.57. The van der Waals surface area contributed by atoms with Gasteiger partial charge in [-0.25, -0.2) is 9.18 Å². The van der Waals surface area contributed by atoms with Crippen molar-refractivity contribution in [1.29, 1.82) is 0 Å². The molecule has 7 heteroatoms. The first-order valence-electron chi connectivity index (χ1n) is 6.32. The SMILES string of the molecule is O=C(CN1CCNCC1)Nc1ccc(C(=O)O)cc1F. The quantitative estimate of drug-likeness (QED) is 0.743. The molecule has 0 aromatic heterocycles. The lowest BCUT2D eigenvalue weighted by molar-refractivity contribution is -0.117. The predicted octanol–water partition coefficient (Wildman–Crippen LogP) is 0.368. The Kier molecular flexibility index (Phi) is 4.65. The van der Waals surface area contributed by atoms with Gasteiger partial charge in [-0.15, -0.1) is 0 Å². The summed E-state index contributed by atoms with van der Waals surface area (Å²) >= 11 is 0. The molecule has 0 radical (unpaired) electrons. The number of carboxylic acid groups (broad SMARTS) is 1. The maximum atomic E-state index is 13.6. The largest absolute Gasteiger partial charge is 0.478 e. The lowest BCUT2D eigenvalue weighted by Gasteiger charge is -2.26. The van der Waals surface area contributed by atoms with Crippen LogP contribution < -0.4 is 10.6 Å². The molecule has 1 heterocycles. The predicted molar refractivity (Wildman–Crippen MR) is 71.3 cm³/mol. The van der Waals surface area contributed by atoms with Crippen LogP contribution in [-0.2, 0) is 4.79 Å². The molecule has 0 atom stereocenters. The number of hydrogen-bond donors (Lipinski definition) is 3. The van der Waals surface area contributed by atoms with Crippen LogP contribution in [-0.4, -0.2) is 54.6 Å². The van der Waals surface area contributed by atoms with E-state index in [1.165, 1.54) is 12.1 Å². The van der Waals surface area contributed by atoms with E-state index in [9.17, 15) is 14.0 Å². The second kappa shape index (κ2) is 6.44. The number of benzene rings is 1. The number of piperazine rings is 1. The number of aromatic carboxylic acids is 1. The van der Waals surface area contributed by atoms with Crippen LogP contribution in [0.1, 0.15) is 10.4 Å². The lowest BCUT2D eigenvalue weighted by atomic mass is 10.2. The van der Waals surface area contributed by atoms with E-state index in [0.717, 1.165) is 32.2 Å². The molecule has 20 heavy (non-hydrogen) atoms. The molecule has 1 fully saturated rings. The van der Waals surface area contributed by atoms with Gasteiger partial charge in [-0.05, 0) is 18.2 Å². The Bertz CT molecular complexity index is 516. The summed E-state index contributed by atoms with van der Waals surface area (Å²) in [4.78, 5) is 24.4. The van der Waals surface area contributed by atoms with E-state index in [0.29, 0.717) is 0 Å². The van der Waals surface area contributed by atoms with Gasteiger partial charge in [-0.1, -0.05) is 0 Å². The van der Waals surface area contributed by atoms with E-state index in [4.69, 9.17) is 5.11 Å². The summed E-state index contributed by atoms with van der Waals surface area (Å²) < 4.78 is 13.6. The summed E-state index contributed by atoms with van der Waals surface area (Å²) in [5, 5.41) is 14.4. The molecule has 0 unspecified atom stereocenters. The molecule has 1 aliphatic rings. The molecule has 1 saturated heterocycles. The minimum Gasteiger partial charge on any atom is -0.478 e. The van der Waals surface area contributed by atoms with Gasteiger partial charge in [0, 0.05) is 26.2 Å².